The molecule has 0 saturated heterocycles. The first-order valence-electron chi connectivity index (χ1n) is 6.45. The Morgan fingerprint density at radius 1 is 1.37 bits per heavy atom. The van der Waals surface area contributed by atoms with Crippen LogP contribution in [0.2, 0.25) is 0 Å². The molecular weight excluding hydrogens is 250 g/mol. The predicted molar refractivity (Wildman–Crippen MR) is 72.2 cm³/mol. The molecular formula is C12H25N3O4. The summed E-state index contributed by atoms with van der Waals surface area (Å²) in [5, 5.41) is 14.0. The van der Waals surface area contributed by atoms with Gasteiger partial charge in [-0.15, -0.1) is 0 Å². The highest BCUT2D eigenvalue weighted by Crippen LogP contribution is 1.96. The Balaban J connectivity index is 3.82. The highest BCUT2D eigenvalue weighted by Gasteiger charge is 2.18. The molecule has 0 fully saturated rings. The lowest BCUT2D eigenvalue weighted by molar-refractivity contribution is -0.139. The molecule has 0 bridgehead atoms. The predicted octanol–water partition coefficient (Wildman–Crippen LogP) is 0.117. The smallest absolute Gasteiger partial charge is 0.326 e. The summed E-state index contributed by atoms with van der Waals surface area (Å²) in [6, 6.07) is -1.27. The second-order valence-corrected chi connectivity index (χ2v) is 4.38. The number of urea groups is 1. The molecule has 2 amide bonds. The van der Waals surface area contributed by atoms with Crippen LogP contribution >= 0.6 is 0 Å². The molecule has 0 aromatic heterocycles. The van der Waals surface area contributed by atoms with E-state index in [1.54, 1.807) is 7.11 Å². The van der Waals surface area contributed by atoms with Crippen molar-refractivity contribution in [1.29, 1.82) is 0 Å². The Hall–Kier alpha value is -1.34. The van der Waals surface area contributed by atoms with Crippen LogP contribution in [0.15, 0.2) is 0 Å². The summed E-state index contributed by atoms with van der Waals surface area (Å²) < 4.78 is 4.94. The third kappa shape index (κ3) is 9.26. The molecule has 0 spiro atoms. The molecule has 7 heteroatoms. The fourth-order valence-electron chi connectivity index (χ4n) is 1.47. The minimum absolute atomic E-state index is 0.427. The zero-order chi connectivity index (χ0) is 14.7. The number of nitrogens with zero attached hydrogens (tertiary/aromatic N) is 1. The van der Waals surface area contributed by atoms with Gasteiger partial charge in [0.15, 0.2) is 0 Å². The highest BCUT2D eigenvalue weighted by molar-refractivity contribution is 5.82. The molecule has 0 aromatic carbocycles. The molecule has 0 heterocycles. The SMILES string of the molecule is CCC[C@H](NC(=O)NCCN(C)CCOC)C(=O)O. The number of methoxy groups -OCH3 is 1. The topological polar surface area (TPSA) is 90.9 Å². The van der Waals surface area contributed by atoms with Crippen LogP contribution in [-0.2, 0) is 9.53 Å². The molecule has 0 aliphatic heterocycles. The first kappa shape index (κ1) is 17.7. The summed E-state index contributed by atoms with van der Waals surface area (Å²) in [6.45, 7) is 4.45. The lowest BCUT2D eigenvalue weighted by atomic mass is 10.2. The average molecular weight is 275 g/mol. The van der Waals surface area contributed by atoms with Crippen molar-refractivity contribution in [3.63, 3.8) is 0 Å². The maximum absolute atomic E-state index is 11.5. The van der Waals surface area contributed by atoms with Gasteiger partial charge in [-0.1, -0.05) is 13.3 Å². The molecule has 0 radical (unpaired) electrons. The molecule has 7 nitrogen and oxygen atoms in total. The number of carboxylic acids is 1. The Morgan fingerprint density at radius 2 is 2.05 bits per heavy atom. The van der Waals surface area contributed by atoms with Gasteiger partial charge in [0.2, 0.25) is 0 Å². The second-order valence-electron chi connectivity index (χ2n) is 4.38. The first-order chi connectivity index (χ1) is 9.01. The zero-order valence-electron chi connectivity index (χ0n) is 11.9. The number of carboxylic acid groups (broad SMARTS) is 1. The second kappa shape index (κ2) is 10.6. The van der Waals surface area contributed by atoms with Crippen LogP contribution < -0.4 is 10.6 Å². The van der Waals surface area contributed by atoms with E-state index in [9.17, 15) is 9.59 Å². The van der Waals surface area contributed by atoms with Crippen LogP contribution in [0.3, 0.4) is 0 Å². The summed E-state index contributed by atoms with van der Waals surface area (Å²) >= 11 is 0. The number of amides is 2. The van der Waals surface area contributed by atoms with E-state index in [1.807, 2.05) is 18.9 Å². The van der Waals surface area contributed by atoms with Gasteiger partial charge in [-0.2, -0.15) is 0 Å². The summed E-state index contributed by atoms with van der Waals surface area (Å²) in [7, 11) is 3.56. The van der Waals surface area contributed by atoms with Crippen molar-refractivity contribution in [2.24, 2.45) is 0 Å². The number of carbonyl (C=O) groups is 2. The van der Waals surface area contributed by atoms with E-state index in [1.165, 1.54) is 0 Å². The average Bonchev–Trinajstić information content (AvgIpc) is 2.35. The van der Waals surface area contributed by atoms with Gasteiger partial charge in [-0.05, 0) is 13.5 Å². The molecule has 0 aliphatic rings. The minimum Gasteiger partial charge on any atom is -0.480 e. The van der Waals surface area contributed by atoms with E-state index in [4.69, 9.17) is 9.84 Å². The Morgan fingerprint density at radius 3 is 2.58 bits per heavy atom. The first-order valence-corrected chi connectivity index (χ1v) is 6.45. The van der Waals surface area contributed by atoms with Crippen molar-refractivity contribution < 1.29 is 19.4 Å². The fourth-order valence-corrected chi connectivity index (χ4v) is 1.47. The Bertz CT molecular complexity index is 274. The van der Waals surface area contributed by atoms with Crippen LogP contribution in [0.5, 0.6) is 0 Å². The fraction of sp³-hybridized carbons (Fsp3) is 0.833. The van der Waals surface area contributed by atoms with Gasteiger partial charge in [-0.25, -0.2) is 9.59 Å². The van der Waals surface area contributed by atoms with E-state index in [2.05, 4.69) is 10.6 Å². The lowest BCUT2D eigenvalue weighted by Gasteiger charge is -2.17. The number of carbonyl (C=O) groups excluding carboxylic acids is 1. The van der Waals surface area contributed by atoms with Crippen molar-refractivity contribution in [2.45, 2.75) is 25.8 Å². The quantitative estimate of drug-likeness (QED) is 0.527. The van der Waals surface area contributed by atoms with E-state index >= 15 is 0 Å². The molecule has 1 atom stereocenters. The van der Waals surface area contributed by atoms with Gasteiger partial charge in [0, 0.05) is 26.7 Å². The summed E-state index contributed by atoms with van der Waals surface area (Å²) in [6.07, 6.45) is 1.13. The van der Waals surface area contributed by atoms with Crippen molar-refractivity contribution in [1.82, 2.24) is 15.5 Å². The van der Waals surface area contributed by atoms with E-state index in [0.717, 1.165) is 6.54 Å². The number of hydrogen-bond donors (Lipinski definition) is 3. The van der Waals surface area contributed by atoms with E-state index in [0.29, 0.717) is 32.5 Å². The molecule has 0 aromatic rings. The lowest BCUT2D eigenvalue weighted by Crippen LogP contribution is -2.47. The summed E-state index contributed by atoms with van der Waals surface area (Å²) in [5.74, 6) is -1.01. The third-order valence-electron chi connectivity index (χ3n) is 2.64. The standard InChI is InChI=1S/C12H25N3O4/c1-4-5-10(11(16)17)14-12(18)13-6-7-15(2)8-9-19-3/h10H,4-9H2,1-3H3,(H,16,17)(H2,13,14,18)/t10-/m0/s1. The number of aliphatic carboxylic acids is 1. The van der Waals surface area contributed by atoms with Crippen LogP contribution in [0, 0.1) is 0 Å². The molecule has 0 unspecified atom stereocenters. The number of hydrogen-bond acceptors (Lipinski definition) is 4. The van der Waals surface area contributed by atoms with Gasteiger partial charge in [-0.3, -0.25) is 0 Å². The molecule has 19 heavy (non-hydrogen) atoms. The molecule has 0 saturated carbocycles. The maximum Gasteiger partial charge on any atom is 0.326 e. The largest absolute Gasteiger partial charge is 0.480 e. The number of rotatable bonds is 10. The highest BCUT2D eigenvalue weighted by atomic mass is 16.5. The number of ether oxygens (including phenoxy) is 1. The number of likely N-dealkylation sites (N-methyl/N-ethyl adjacent to an activating group) is 1. The van der Waals surface area contributed by atoms with Gasteiger partial charge in [0.1, 0.15) is 6.04 Å². The van der Waals surface area contributed by atoms with Gasteiger partial charge in [0.25, 0.3) is 0 Å². The van der Waals surface area contributed by atoms with Gasteiger partial charge >= 0.3 is 12.0 Å². The van der Waals surface area contributed by atoms with Crippen LogP contribution in [-0.4, -0.2) is 68.4 Å². The molecule has 0 aliphatic carbocycles. The zero-order valence-corrected chi connectivity index (χ0v) is 11.9. The van der Waals surface area contributed by atoms with Crippen LogP contribution in [0.4, 0.5) is 4.79 Å². The normalized spacial score (nSPS) is 12.2. The van der Waals surface area contributed by atoms with Crippen molar-refractivity contribution >= 4 is 12.0 Å². The van der Waals surface area contributed by atoms with E-state index < -0.39 is 18.0 Å². The van der Waals surface area contributed by atoms with Gasteiger partial charge < -0.3 is 25.4 Å². The molecule has 3 N–H and O–H groups in total. The minimum atomic E-state index is -1.01. The van der Waals surface area contributed by atoms with Gasteiger partial charge in [0.05, 0.1) is 6.61 Å². The van der Waals surface area contributed by atoms with Crippen LogP contribution in [0.1, 0.15) is 19.8 Å². The number of nitrogens with one attached hydrogen (secondary N) is 2. The summed E-state index contributed by atoms with van der Waals surface area (Å²) in [5.41, 5.74) is 0. The Labute approximate surface area is 114 Å². The van der Waals surface area contributed by atoms with Crippen molar-refractivity contribution in [3.8, 4) is 0 Å². The monoisotopic (exact) mass is 275 g/mol. The van der Waals surface area contributed by atoms with Crippen LogP contribution in [0.25, 0.3) is 0 Å². The van der Waals surface area contributed by atoms with Crippen molar-refractivity contribution in [3.05, 3.63) is 0 Å². The maximum atomic E-state index is 11.5. The van der Waals surface area contributed by atoms with E-state index in [-0.39, 0.29) is 0 Å². The third-order valence-corrected chi connectivity index (χ3v) is 2.64. The summed E-state index contributed by atoms with van der Waals surface area (Å²) in [4.78, 5) is 24.4. The molecule has 112 valence electrons. The van der Waals surface area contributed by atoms with Crippen molar-refractivity contribution in [2.75, 3.05) is 40.4 Å². The molecule has 0 rings (SSSR count). The Kier molecular flexibility index (Phi) is 9.82.